The molecule has 2 unspecified atom stereocenters. The van der Waals surface area contributed by atoms with Gasteiger partial charge in [0.1, 0.15) is 0 Å². The molecule has 0 fully saturated rings. The molecular formula is C16H23NS2. The van der Waals surface area contributed by atoms with Crippen molar-refractivity contribution in [3.05, 3.63) is 44.8 Å². The third kappa shape index (κ3) is 4.75. The quantitative estimate of drug-likeness (QED) is 0.700. The molecule has 1 N–H and O–H groups in total. The predicted octanol–water partition coefficient (Wildman–Crippen LogP) is 5.26. The summed E-state index contributed by atoms with van der Waals surface area (Å²) in [5.74, 6) is 0. The average Bonchev–Trinajstić information content (AvgIpc) is 3.08. The predicted molar refractivity (Wildman–Crippen MR) is 87.2 cm³/mol. The van der Waals surface area contributed by atoms with E-state index in [0.29, 0.717) is 12.1 Å². The zero-order valence-electron chi connectivity index (χ0n) is 11.8. The van der Waals surface area contributed by atoms with Crippen molar-refractivity contribution in [1.82, 2.24) is 5.32 Å². The third-order valence-electron chi connectivity index (χ3n) is 3.35. The molecule has 0 aromatic carbocycles. The molecule has 0 bridgehead atoms. The fourth-order valence-electron chi connectivity index (χ4n) is 2.30. The first-order valence-corrected chi connectivity index (χ1v) is 8.87. The molecule has 0 saturated heterocycles. The lowest BCUT2D eigenvalue weighted by molar-refractivity contribution is 0.429. The maximum atomic E-state index is 3.81. The van der Waals surface area contributed by atoms with Crippen LogP contribution in [0.2, 0.25) is 0 Å². The zero-order valence-corrected chi connectivity index (χ0v) is 13.4. The lowest BCUT2D eigenvalue weighted by Gasteiger charge is -2.22. The van der Waals surface area contributed by atoms with Gasteiger partial charge in [-0.05, 0) is 36.2 Å². The SMILES string of the molecule is CCCCC(C)NC(Cc1cccs1)c1cccs1. The second kappa shape index (κ2) is 7.83. The van der Waals surface area contributed by atoms with E-state index in [-0.39, 0.29) is 0 Å². The second-order valence-corrected chi connectivity index (χ2v) is 7.07. The molecule has 2 atom stereocenters. The molecule has 0 spiro atoms. The van der Waals surface area contributed by atoms with E-state index in [1.54, 1.807) is 0 Å². The van der Waals surface area contributed by atoms with E-state index in [1.165, 1.54) is 29.0 Å². The van der Waals surface area contributed by atoms with Crippen LogP contribution in [0.1, 0.15) is 48.9 Å². The largest absolute Gasteiger partial charge is 0.306 e. The van der Waals surface area contributed by atoms with E-state index in [4.69, 9.17) is 0 Å². The number of nitrogens with one attached hydrogen (secondary N) is 1. The Morgan fingerprint density at radius 2 is 1.95 bits per heavy atom. The first-order chi connectivity index (χ1) is 9.29. The van der Waals surface area contributed by atoms with Gasteiger partial charge in [0.15, 0.2) is 0 Å². The Kier molecular flexibility index (Phi) is 6.08. The van der Waals surface area contributed by atoms with Crippen LogP contribution in [0.5, 0.6) is 0 Å². The van der Waals surface area contributed by atoms with Gasteiger partial charge in [0.05, 0.1) is 0 Å². The number of rotatable bonds is 8. The van der Waals surface area contributed by atoms with Gasteiger partial charge in [-0.15, -0.1) is 22.7 Å². The van der Waals surface area contributed by atoms with Gasteiger partial charge >= 0.3 is 0 Å². The zero-order chi connectivity index (χ0) is 13.5. The van der Waals surface area contributed by atoms with E-state index < -0.39 is 0 Å². The highest BCUT2D eigenvalue weighted by Gasteiger charge is 2.16. The van der Waals surface area contributed by atoms with Gasteiger partial charge in [-0.1, -0.05) is 31.9 Å². The highest BCUT2D eigenvalue weighted by atomic mass is 32.1. The lowest BCUT2D eigenvalue weighted by Crippen LogP contribution is -2.31. The van der Waals surface area contributed by atoms with Crippen LogP contribution in [-0.2, 0) is 6.42 Å². The summed E-state index contributed by atoms with van der Waals surface area (Å²) in [4.78, 5) is 2.92. The van der Waals surface area contributed by atoms with Gasteiger partial charge in [-0.3, -0.25) is 0 Å². The van der Waals surface area contributed by atoms with Crippen LogP contribution in [0.25, 0.3) is 0 Å². The molecule has 0 aliphatic heterocycles. The minimum absolute atomic E-state index is 0.463. The van der Waals surface area contributed by atoms with Gasteiger partial charge in [0.2, 0.25) is 0 Å². The summed E-state index contributed by atoms with van der Waals surface area (Å²) in [6, 6.07) is 9.84. The van der Waals surface area contributed by atoms with E-state index in [1.807, 2.05) is 22.7 Å². The van der Waals surface area contributed by atoms with Gasteiger partial charge in [0, 0.05) is 28.3 Å². The van der Waals surface area contributed by atoms with Crippen molar-refractivity contribution in [2.24, 2.45) is 0 Å². The molecule has 0 radical (unpaired) electrons. The van der Waals surface area contributed by atoms with E-state index in [2.05, 4.69) is 54.2 Å². The summed E-state index contributed by atoms with van der Waals surface area (Å²) in [6.07, 6.45) is 4.96. The van der Waals surface area contributed by atoms with Crippen molar-refractivity contribution >= 4 is 22.7 Å². The van der Waals surface area contributed by atoms with Gasteiger partial charge < -0.3 is 5.32 Å². The smallest absolute Gasteiger partial charge is 0.0465 e. The number of hydrogen-bond donors (Lipinski definition) is 1. The van der Waals surface area contributed by atoms with E-state index in [9.17, 15) is 0 Å². The Morgan fingerprint density at radius 1 is 1.16 bits per heavy atom. The van der Waals surface area contributed by atoms with E-state index in [0.717, 1.165) is 6.42 Å². The standard InChI is InChI=1S/C16H23NS2/c1-3-4-7-13(2)17-15(16-9-6-11-19-16)12-14-8-5-10-18-14/h5-6,8-11,13,15,17H,3-4,7,12H2,1-2H3. The molecule has 0 aliphatic rings. The van der Waals surface area contributed by atoms with Crippen molar-refractivity contribution in [1.29, 1.82) is 0 Å². The van der Waals surface area contributed by atoms with Gasteiger partial charge in [0.25, 0.3) is 0 Å². The first kappa shape index (κ1) is 14.8. The third-order valence-corrected chi connectivity index (χ3v) is 5.23. The fraction of sp³-hybridized carbons (Fsp3) is 0.500. The lowest BCUT2D eigenvalue weighted by atomic mass is 10.1. The van der Waals surface area contributed by atoms with Crippen molar-refractivity contribution < 1.29 is 0 Å². The number of unbranched alkanes of at least 4 members (excludes halogenated alkanes) is 1. The molecule has 2 heterocycles. The summed E-state index contributed by atoms with van der Waals surface area (Å²) in [7, 11) is 0. The maximum absolute atomic E-state index is 3.81. The van der Waals surface area contributed by atoms with Crippen molar-refractivity contribution in [2.45, 2.75) is 51.6 Å². The Bertz CT molecular complexity index is 433. The number of thiophene rings is 2. The molecule has 104 valence electrons. The molecule has 0 amide bonds. The minimum Gasteiger partial charge on any atom is -0.306 e. The Balaban J connectivity index is 1.98. The molecule has 3 heteroatoms. The summed E-state index contributed by atoms with van der Waals surface area (Å²) in [5.41, 5.74) is 0. The van der Waals surface area contributed by atoms with Crippen molar-refractivity contribution in [3.8, 4) is 0 Å². The number of hydrogen-bond acceptors (Lipinski definition) is 3. The van der Waals surface area contributed by atoms with Crippen LogP contribution in [0.15, 0.2) is 35.0 Å². The molecule has 2 aromatic rings. The summed E-state index contributed by atoms with van der Waals surface area (Å²) in [6.45, 7) is 4.57. The molecule has 2 aromatic heterocycles. The van der Waals surface area contributed by atoms with Crippen LogP contribution in [-0.4, -0.2) is 6.04 Å². The highest BCUT2D eigenvalue weighted by molar-refractivity contribution is 7.10. The monoisotopic (exact) mass is 293 g/mol. The summed E-state index contributed by atoms with van der Waals surface area (Å²) < 4.78 is 0. The minimum atomic E-state index is 0.463. The summed E-state index contributed by atoms with van der Waals surface area (Å²) in [5, 5.41) is 8.15. The normalized spacial score (nSPS) is 14.4. The molecule has 2 rings (SSSR count). The van der Waals surface area contributed by atoms with Crippen LogP contribution < -0.4 is 5.32 Å². The molecular weight excluding hydrogens is 270 g/mol. The van der Waals surface area contributed by atoms with Crippen LogP contribution in [0.4, 0.5) is 0 Å². The summed E-state index contributed by atoms with van der Waals surface area (Å²) >= 11 is 3.72. The van der Waals surface area contributed by atoms with Gasteiger partial charge in [-0.2, -0.15) is 0 Å². The Hall–Kier alpha value is -0.640. The van der Waals surface area contributed by atoms with Crippen LogP contribution >= 0.6 is 22.7 Å². The van der Waals surface area contributed by atoms with E-state index >= 15 is 0 Å². The molecule has 19 heavy (non-hydrogen) atoms. The first-order valence-electron chi connectivity index (χ1n) is 7.11. The average molecular weight is 294 g/mol. The highest BCUT2D eigenvalue weighted by Crippen LogP contribution is 2.25. The molecule has 0 aliphatic carbocycles. The molecule has 1 nitrogen and oxygen atoms in total. The maximum Gasteiger partial charge on any atom is 0.0465 e. The second-order valence-electron chi connectivity index (χ2n) is 5.06. The van der Waals surface area contributed by atoms with Crippen molar-refractivity contribution in [3.63, 3.8) is 0 Å². The Morgan fingerprint density at radius 3 is 2.58 bits per heavy atom. The van der Waals surface area contributed by atoms with Crippen molar-refractivity contribution in [2.75, 3.05) is 0 Å². The fourth-order valence-corrected chi connectivity index (χ4v) is 3.84. The molecule has 0 saturated carbocycles. The topological polar surface area (TPSA) is 12.0 Å². The van der Waals surface area contributed by atoms with Crippen LogP contribution in [0, 0.1) is 0 Å². The van der Waals surface area contributed by atoms with Gasteiger partial charge in [-0.25, -0.2) is 0 Å². The Labute approximate surface area is 124 Å². The van der Waals surface area contributed by atoms with Crippen LogP contribution in [0.3, 0.4) is 0 Å².